The molecule has 0 bridgehead atoms. The minimum atomic E-state index is -0.666. The van der Waals surface area contributed by atoms with Crippen molar-refractivity contribution in [1.82, 2.24) is 9.78 Å². The maximum absolute atomic E-state index is 12.3. The summed E-state index contributed by atoms with van der Waals surface area (Å²) in [6.07, 6.45) is 0. The molecule has 0 atom stereocenters. The summed E-state index contributed by atoms with van der Waals surface area (Å²) < 4.78 is 6.81. The number of amides is 1. The Kier molecular flexibility index (Phi) is 5.74. The lowest BCUT2D eigenvalue weighted by atomic mass is 10.1. The quantitative estimate of drug-likeness (QED) is 0.675. The van der Waals surface area contributed by atoms with Gasteiger partial charge in [-0.25, -0.2) is 9.48 Å². The molecule has 7 nitrogen and oxygen atoms in total. The van der Waals surface area contributed by atoms with Gasteiger partial charge in [0.1, 0.15) is 0 Å². The van der Waals surface area contributed by atoms with Crippen molar-refractivity contribution in [3.05, 3.63) is 76.6 Å². The highest BCUT2D eigenvalue weighted by atomic mass is 16.5. The molecule has 0 aliphatic rings. The molecule has 146 valence electrons. The van der Waals surface area contributed by atoms with Crippen LogP contribution in [0.2, 0.25) is 0 Å². The van der Waals surface area contributed by atoms with E-state index in [1.807, 2.05) is 44.2 Å². The van der Waals surface area contributed by atoms with Crippen molar-refractivity contribution in [3.8, 4) is 11.8 Å². The third-order valence-electron chi connectivity index (χ3n) is 4.40. The van der Waals surface area contributed by atoms with Gasteiger partial charge >= 0.3 is 5.97 Å². The standard InChI is InChI=1S/C22H20N4O3/c1-14-7-9-19(10-8-14)26-16(3)21(15(2)25-26)24-20(27)13-29-22(28)18-6-4-5-17(11-18)12-23/h4-11H,13H2,1-3H3,(H,24,27). The highest BCUT2D eigenvalue weighted by Gasteiger charge is 2.17. The minimum Gasteiger partial charge on any atom is -0.452 e. The molecule has 29 heavy (non-hydrogen) atoms. The second-order valence-electron chi connectivity index (χ2n) is 6.61. The molecular formula is C22H20N4O3. The fourth-order valence-corrected chi connectivity index (χ4v) is 2.87. The van der Waals surface area contributed by atoms with Crippen molar-refractivity contribution in [3.63, 3.8) is 0 Å². The number of aryl methyl sites for hydroxylation is 2. The van der Waals surface area contributed by atoms with E-state index >= 15 is 0 Å². The Hall–Kier alpha value is -3.92. The van der Waals surface area contributed by atoms with E-state index < -0.39 is 18.5 Å². The van der Waals surface area contributed by atoms with Crippen LogP contribution in [0.15, 0.2) is 48.5 Å². The van der Waals surface area contributed by atoms with Crippen LogP contribution < -0.4 is 5.32 Å². The van der Waals surface area contributed by atoms with Gasteiger partial charge in [0, 0.05) is 0 Å². The first-order valence-electron chi connectivity index (χ1n) is 8.99. The lowest BCUT2D eigenvalue weighted by molar-refractivity contribution is -0.119. The minimum absolute atomic E-state index is 0.219. The van der Waals surface area contributed by atoms with E-state index in [1.165, 1.54) is 12.1 Å². The van der Waals surface area contributed by atoms with Crippen LogP contribution in [0.1, 0.15) is 32.9 Å². The van der Waals surface area contributed by atoms with Gasteiger partial charge < -0.3 is 10.1 Å². The van der Waals surface area contributed by atoms with Gasteiger partial charge in [-0.15, -0.1) is 0 Å². The average molecular weight is 388 g/mol. The summed E-state index contributed by atoms with van der Waals surface area (Å²) in [7, 11) is 0. The zero-order chi connectivity index (χ0) is 21.0. The smallest absolute Gasteiger partial charge is 0.338 e. The normalized spacial score (nSPS) is 10.3. The van der Waals surface area contributed by atoms with E-state index in [0.29, 0.717) is 16.9 Å². The number of anilines is 1. The predicted octanol–water partition coefficient (Wildman–Crippen LogP) is 3.46. The maximum atomic E-state index is 12.3. The molecule has 0 saturated carbocycles. The van der Waals surface area contributed by atoms with Gasteiger partial charge in [-0.3, -0.25) is 4.79 Å². The van der Waals surface area contributed by atoms with Crippen LogP contribution in [-0.2, 0) is 9.53 Å². The highest BCUT2D eigenvalue weighted by molar-refractivity contribution is 5.96. The summed E-state index contributed by atoms with van der Waals surface area (Å²) in [6, 6.07) is 16.0. The number of carbonyl (C=O) groups is 2. The van der Waals surface area contributed by atoms with Gasteiger partial charge in [-0.05, 0) is 51.1 Å². The lowest BCUT2D eigenvalue weighted by Crippen LogP contribution is -2.21. The summed E-state index contributed by atoms with van der Waals surface area (Å²) in [6.45, 7) is 5.22. The van der Waals surface area contributed by atoms with Crippen LogP contribution in [0.4, 0.5) is 5.69 Å². The number of carbonyl (C=O) groups excluding carboxylic acids is 2. The first-order chi connectivity index (χ1) is 13.9. The summed E-state index contributed by atoms with van der Waals surface area (Å²) in [5, 5.41) is 16.1. The molecule has 7 heteroatoms. The van der Waals surface area contributed by atoms with Gasteiger partial charge in [-0.1, -0.05) is 23.8 Å². The van der Waals surface area contributed by atoms with Crippen LogP contribution in [0, 0.1) is 32.1 Å². The number of nitriles is 1. The average Bonchev–Trinajstić information content (AvgIpc) is 3.00. The number of ether oxygens (including phenoxy) is 1. The molecule has 0 spiro atoms. The van der Waals surface area contributed by atoms with Gasteiger partial charge in [0.2, 0.25) is 0 Å². The second kappa shape index (κ2) is 8.40. The topological polar surface area (TPSA) is 97.0 Å². The fourth-order valence-electron chi connectivity index (χ4n) is 2.87. The number of benzene rings is 2. The third-order valence-corrected chi connectivity index (χ3v) is 4.40. The van der Waals surface area contributed by atoms with Crippen LogP contribution >= 0.6 is 0 Å². The monoisotopic (exact) mass is 388 g/mol. The SMILES string of the molecule is Cc1ccc(-n2nc(C)c(NC(=O)COC(=O)c3cccc(C#N)c3)c2C)cc1. The van der Waals surface area contributed by atoms with Crippen LogP contribution in [0.3, 0.4) is 0 Å². The van der Waals surface area contributed by atoms with Gasteiger partial charge in [0.05, 0.1) is 40.0 Å². The highest BCUT2D eigenvalue weighted by Crippen LogP contribution is 2.23. The lowest BCUT2D eigenvalue weighted by Gasteiger charge is -2.08. The molecule has 3 rings (SSSR count). The largest absolute Gasteiger partial charge is 0.452 e. The van der Waals surface area contributed by atoms with Gasteiger partial charge in [-0.2, -0.15) is 10.4 Å². The molecule has 1 aromatic heterocycles. The van der Waals surface area contributed by atoms with E-state index in [9.17, 15) is 9.59 Å². The number of hydrogen-bond acceptors (Lipinski definition) is 5. The van der Waals surface area contributed by atoms with Gasteiger partial charge in [0.25, 0.3) is 5.91 Å². The Morgan fingerprint density at radius 1 is 1.14 bits per heavy atom. The number of nitrogens with one attached hydrogen (secondary N) is 1. The fraction of sp³-hybridized carbons (Fsp3) is 0.182. The number of aromatic nitrogens is 2. The van der Waals surface area contributed by atoms with Crippen molar-refractivity contribution in [2.45, 2.75) is 20.8 Å². The zero-order valence-corrected chi connectivity index (χ0v) is 16.4. The number of esters is 1. The van der Waals surface area contributed by atoms with Crippen molar-refractivity contribution in [1.29, 1.82) is 5.26 Å². The maximum Gasteiger partial charge on any atom is 0.338 e. The summed E-state index contributed by atoms with van der Waals surface area (Å²) >= 11 is 0. The van der Waals surface area contributed by atoms with E-state index in [0.717, 1.165) is 16.9 Å². The van der Waals surface area contributed by atoms with E-state index in [2.05, 4.69) is 10.4 Å². The van der Waals surface area contributed by atoms with Crippen molar-refractivity contribution < 1.29 is 14.3 Å². The summed E-state index contributed by atoms with van der Waals surface area (Å²) in [5.41, 5.74) is 4.61. The molecule has 0 saturated heterocycles. The zero-order valence-electron chi connectivity index (χ0n) is 16.4. The van der Waals surface area contributed by atoms with Crippen molar-refractivity contribution in [2.24, 2.45) is 0 Å². The second-order valence-corrected chi connectivity index (χ2v) is 6.61. The van der Waals surface area contributed by atoms with Crippen LogP contribution in [0.25, 0.3) is 5.69 Å². The van der Waals surface area contributed by atoms with E-state index in [1.54, 1.807) is 23.7 Å². The van der Waals surface area contributed by atoms with Gasteiger partial charge in [0.15, 0.2) is 6.61 Å². The Labute approximate surface area is 168 Å². The predicted molar refractivity (Wildman–Crippen MR) is 108 cm³/mol. The van der Waals surface area contributed by atoms with Crippen molar-refractivity contribution in [2.75, 3.05) is 11.9 Å². The van der Waals surface area contributed by atoms with E-state index in [-0.39, 0.29) is 5.56 Å². The molecule has 1 amide bonds. The molecule has 0 fully saturated rings. The molecule has 0 unspecified atom stereocenters. The molecule has 3 aromatic rings. The molecular weight excluding hydrogens is 368 g/mol. The number of nitrogens with zero attached hydrogens (tertiary/aromatic N) is 3. The third kappa shape index (κ3) is 4.50. The Morgan fingerprint density at radius 2 is 1.86 bits per heavy atom. The van der Waals surface area contributed by atoms with Crippen LogP contribution in [0.5, 0.6) is 0 Å². The molecule has 0 radical (unpaired) electrons. The number of rotatable bonds is 5. The van der Waals surface area contributed by atoms with Crippen molar-refractivity contribution >= 4 is 17.6 Å². The summed E-state index contributed by atoms with van der Waals surface area (Å²) in [4.78, 5) is 24.4. The molecule has 2 aromatic carbocycles. The Morgan fingerprint density at radius 3 is 2.55 bits per heavy atom. The van der Waals surface area contributed by atoms with Crippen LogP contribution in [-0.4, -0.2) is 28.3 Å². The molecule has 0 aliphatic heterocycles. The number of hydrogen-bond donors (Lipinski definition) is 1. The Balaban J connectivity index is 1.67. The molecule has 1 N–H and O–H groups in total. The Bertz CT molecular complexity index is 1110. The summed E-state index contributed by atoms with van der Waals surface area (Å²) in [5.74, 6) is -1.13. The first kappa shape index (κ1) is 19.8. The molecule has 0 aliphatic carbocycles. The first-order valence-corrected chi connectivity index (χ1v) is 8.99. The molecule has 1 heterocycles. The van der Waals surface area contributed by atoms with E-state index in [4.69, 9.17) is 10.00 Å².